The Bertz CT molecular complexity index is 421. The van der Waals surface area contributed by atoms with Gasteiger partial charge in [0.25, 0.3) is 0 Å². The van der Waals surface area contributed by atoms with Gasteiger partial charge < -0.3 is 15.2 Å². The van der Waals surface area contributed by atoms with Crippen LogP contribution in [0.3, 0.4) is 0 Å². The van der Waals surface area contributed by atoms with Gasteiger partial charge in [0.05, 0.1) is 13.7 Å². The van der Waals surface area contributed by atoms with E-state index in [2.05, 4.69) is 0 Å². The molecule has 112 valence electrons. The maximum absolute atomic E-state index is 11.3. The fraction of sp³-hybridized carbons (Fsp3) is 0.533. The highest BCUT2D eigenvalue weighted by molar-refractivity contribution is 5.71. The second kappa shape index (κ2) is 8.55. The van der Waals surface area contributed by atoms with E-state index in [4.69, 9.17) is 15.2 Å². The van der Waals surface area contributed by atoms with E-state index in [1.54, 1.807) is 0 Å². The first-order chi connectivity index (χ1) is 9.56. The molecule has 1 rings (SSSR count). The van der Waals surface area contributed by atoms with Gasteiger partial charge in [0.15, 0.2) is 0 Å². The van der Waals surface area contributed by atoms with Crippen LogP contribution in [-0.4, -0.2) is 43.7 Å². The minimum absolute atomic E-state index is 0.233. The number of carbonyl (C=O) groups is 1. The van der Waals surface area contributed by atoms with E-state index in [0.29, 0.717) is 19.7 Å². The molecule has 1 aromatic rings. The van der Waals surface area contributed by atoms with Crippen LogP contribution in [0, 0.1) is 0 Å². The van der Waals surface area contributed by atoms with Crippen molar-refractivity contribution in [1.29, 1.82) is 0 Å². The average molecular weight is 280 g/mol. The van der Waals surface area contributed by atoms with E-state index in [1.807, 2.05) is 43.0 Å². The molecule has 0 aromatic heterocycles. The summed E-state index contributed by atoms with van der Waals surface area (Å²) in [5, 5.41) is 0. The monoisotopic (exact) mass is 280 g/mol. The number of nitrogens with two attached hydrogens (primary N) is 1. The molecular weight excluding hydrogens is 256 g/mol. The Hall–Kier alpha value is -1.59. The molecule has 0 aliphatic rings. The number of ether oxygens (including phenoxy) is 2. The maximum Gasteiger partial charge on any atom is 0.319 e. The Kier molecular flexibility index (Phi) is 7.04. The van der Waals surface area contributed by atoms with Crippen molar-refractivity contribution >= 4 is 5.97 Å². The summed E-state index contributed by atoms with van der Waals surface area (Å²) < 4.78 is 10.4. The zero-order chi connectivity index (χ0) is 15.0. The van der Waals surface area contributed by atoms with E-state index in [-0.39, 0.29) is 18.6 Å². The number of benzene rings is 1. The first-order valence-electron chi connectivity index (χ1n) is 6.79. The van der Waals surface area contributed by atoms with Gasteiger partial charge in [-0.15, -0.1) is 0 Å². The van der Waals surface area contributed by atoms with E-state index in [0.717, 1.165) is 11.3 Å². The van der Waals surface area contributed by atoms with Crippen LogP contribution in [0.25, 0.3) is 0 Å². The zero-order valence-electron chi connectivity index (χ0n) is 12.5. The molecule has 0 amide bonds. The molecule has 0 radical (unpaired) electrons. The van der Waals surface area contributed by atoms with Crippen molar-refractivity contribution in [3.8, 4) is 5.75 Å². The molecule has 5 heteroatoms. The molecule has 0 aliphatic carbocycles. The maximum atomic E-state index is 11.3. The number of hydrogen-bond donors (Lipinski definition) is 1. The molecule has 0 spiro atoms. The topological polar surface area (TPSA) is 64.8 Å². The van der Waals surface area contributed by atoms with Crippen molar-refractivity contribution in [1.82, 2.24) is 4.90 Å². The lowest BCUT2D eigenvalue weighted by Crippen LogP contribution is -2.39. The molecule has 1 aromatic carbocycles. The fourth-order valence-corrected chi connectivity index (χ4v) is 1.79. The Morgan fingerprint density at radius 1 is 1.40 bits per heavy atom. The number of esters is 1. The van der Waals surface area contributed by atoms with Crippen LogP contribution in [-0.2, 0) is 16.1 Å². The second-order valence-electron chi connectivity index (χ2n) is 4.84. The molecule has 2 N–H and O–H groups in total. The number of nitrogens with zero attached hydrogens (tertiary/aromatic N) is 1. The number of carbonyl (C=O) groups excluding carboxylic acids is 1. The summed E-state index contributed by atoms with van der Waals surface area (Å²) in [7, 11) is 1.40. The SMILES string of the molecule is COC(=O)CN(CCOc1cccc(CN)c1)C(C)C. The van der Waals surface area contributed by atoms with E-state index in [9.17, 15) is 4.79 Å². The van der Waals surface area contributed by atoms with E-state index < -0.39 is 0 Å². The normalized spacial score (nSPS) is 10.9. The minimum Gasteiger partial charge on any atom is -0.492 e. The second-order valence-corrected chi connectivity index (χ2v) is 4.84. The van der Waals surface area contributed by atoms with E-state index in [1.165, 1.54) is 7.11 Å². The minimum atomic E-state index is -0.233. The smallest absolute Gasteiger partial charge is 0.319 e. The molecule has 0 atom stereocenters. The van der Waals surface area contributed by atoms with Crippen molar-refractivity contribution < 1.29 is 14.3 Å². The van der Waals surface area contributed by atoms with Crippen molar-refractivity contribution in [2.24, 2.45) is 5.73 Å². The van der Waals surface area contributed by atoms with Gasteiger partial charge in [-0.2, -0.15) is 0 Å². The lowest BCUT2D eigenvalue weighted by atomic mass is 10.2. The van der Waals surface area contributed by atoms with Crippen LogP contribution in [0.1, 0.15) is 19.4 Å². The standard InChI is InChI=1S/C15H24N2O3/c1-12(2)17(11-15(18)19-3)7-8-20-14-6-4-5-13(9-14)10-16/h4-6,9,12H,7-8,10-11,16H2,1-3H3. The lowest BCUT2D eigenvalue weighted by Gasteiger charge is -2.25. The molecule has 20 heavy (non-hydrogen) atoms. The highest BCUT2D eigenvalue weighted by Crippen LogP contribution is 2.13. The quantitative estimate of drug-likeness (QED) is 0.729. The third-order valence-electron chi connectivity index (χ3n) is 3.07. The van der Waals surface area contributed by atoms with Crippen LogP contribution in [0.4, 0.5) is 0 Å². The van der Waals surface area contributed by atoms with Gasteiger partial charge in [-0.1, -0.05) is 12.1 Å². The van der Waals surface area contributed by atoms with Crippen molar-refractivity contribution in [2.75, 3.05) is 26.8 Å². The zero-order valence-corrected chi connectivity index (χ0v) is 12.5. The summed E-state index contributed by atoms with van der Waals surface area (Å²) in [6.45, 7) is 6.04. The molecule has 0 saturated heterocycles. The van der Waals surface area contributed by atoms with Crippen LogP contribution >= 0.6 is 0 Å². The number of rotatable bonds is 8. The summed E-state index contributed by atoms with van der Waals surface area (Å²) >= 11 is 0. The van der Waals surface area contributed by atoms with Gasteiger partial charge in [-0.05, 0) is 31.5 Å². The van der Waals surface area contributed by atoms with Crippen LogP contribution < -0.4 is 10.5 Å². The average Bonchev–Trinajstić information content (AvgIpc) is 2.46. The highest BCUT2D eigenvalue weighted by Gasteiger charge is 2.14. The fourth-order valence-electron chi connectivity index (χ4n) is 1.79. The Balaban J connectivity index is 2.45. The van der Waals surface area contributed by atoms with Gasteiger partial charge in [-0.25, -0.2) is 0 Å². The van der Waals surface area contributed by atoms with Crippen molar-refractivity contribution in [2.45, 2.75) is 26.4 Å². The summed E-state index contributed by atoms with van der Waals surface area (Å²) in [4.78, 5) is 13.3. The largest absolute Gasteiger partial charge is 0.492 e. The molecule has 0 fully saturated rings. The van der Waals surface area contributed by atoms with E-state index >= 15 is 0 Å². The molecule has 0 bridgehead atoms. The Labute approximate surface area is 120 Å². The number of hydrogen-bond acceptors (Lipinski definition) is 5. The van der Waals surface area contributed by atoms with Gasteiger partial charge in [0.1, 0.15) is 12.4 Å². The van der Waals surface area contributed by atoms with Gasteiger partial charge in [0, 0.05) is 19.1 Å². The van der Waals surface area contributed by atoms with Crippen molar-refractivity contribution in [3.05, 3.63) is 29.8 Å². The predicted molar refractivity (Wildman–Crippen MR) is 78.6 cm³/mol. The Morgan fingerprint density at radius 3 is 2.75 bits per heavy atom. The van der Waals surface area contributed by atoms with Gasteiger partial charge >= 0.3 is 5.97 Å². The third kappa shape index (κ3) is 5.59. The molecule has 0 heterocycles. The summed E-state index contributed by atoms with van der Waals surface area (Å²) in [5.74, 6) is 0.568. The van der Waals surface area contributed by atoms with Crippen LogP contribution in [0.5, 0.6) is 5.75 Å². The summed E-state index contributed by atoms with van der Waals surface area (Å²) in [6, 6.07) is 7.98. The molecule has 0 aliphatic heterocycles. The number of methoxy groups -OCH3 is 1. The Morgan fingerprint density at radius 2 is 2.15 bits per heavy atom. The first kappa shape index (κ1) is 16.5. The van der Waals surface area contributed by atoms with Crippen molar-refractivity contribution in [3.63, 3.8) is 0 Å². The van der Waals surface area contributed by atoms with Gasteiger partial charge in [-0.3, -0.25) is 9.69 Å². The third-order valence-corrected chi connectivity index (χ3v) is 3.07. The molecular formula is C15H24N2O3. The molecule has 0 unspecified atom stereocenters. The molecule has 0 saturated carbocycles. The summed E-state index contributed by atoms with van der Waals surface area (Å²) in [6.07, 6.45) is 0. The van der Waals surface area contributed by atoms with Crippen LogP contribution in [0.2, 0.25) is 0 Å². The van der Waals surface area contributed by atoms with Crippen LogP contribution in [0.15, 0.2) is 24.3 Å². The summed E-state index contributed by atoms with van der Waals surface area (Å²) in [5.41, 5.74) is 6.63. The first-order valence-corrected chi connectivity index (χ1v) is 6.79. The predicted octanol–water partition coefficient (Wildman–Crippen LogP) is 1.41. The van der Waals surface area contributed by atoms with Gasteiger partial charge in [0.2, 0.25) is 0 Å². The highest BCUT2D eigenvalue weighted by atomic mass is 16.5. The lowest BCUT2D eigenvalue weighted by molar-refractivity contribution is -0.142. The molecule has 5 nitrogen and oxygen atoms in total.